The summed E-state index contributed by atoms with van der Waals surface area (Å²) in [6.45, 7) is 5.59. The van der Waals surface area contributed by atoms with Gasteiger partial charge in [0.25, 0.3) is 0 Å². The van der Waals surface area contributed by atoms with Crippen molar-refractivity contribution in [2.75, 3.05) is 0 Å². The van der Waals surface area contributed by atoms with Crippen LogP contribution in [0.25, 0.3) is 0 Å². The molecule has 1 aromatic carbocycles. The third-order valence-electron chi connectivity index (χ3n) is 3.18. The van der Waals surface area contributed by atoms with Gasteiger partial charge in [-0.15, -0.1) is 0 Å². The third-order valence-corrected chi connectivity index (χ3v) is 3.64. The van der Waals surface area contributed by atoms with Crippen LogP contribution in [-0.4, -0.2) is 16.2 Å². The molecule has 94 valence electrons. The van der Waals surface area contributed by atoms with Gasteiger partial charge in [-0.2, -0.15) is 0 Å². The molecule has 1 aromatic rings. The van der Waals surface area contributed by atoms with Gasteiger partial charge >= 0.3 is 5.97 Å². The number of halogens is 1. The number of rotatable bonds is 4. The minimum Gasteiger partial charge on any atom is -0.506 e. The van der Waals surface area contributed by atoms with E-state index in [0.29, 0.717) is 17.9 Å². The second-order valence-electron chi connectivity index (χ2n) is 4.26. The van der Waals surface area contributed by atoms with Crippen LogP contribution in [0.4, 0.5) is 0 Å². The molecule has 0 atom stereocenters. The lowest BCUT2D eigenvalue weighted by Crippen LogP contribution is -2.01. The molecule has 3 nitrogen and oxygen atoms in total. The molecule has 4 heteroatoms. The SMILES string of the molecule is Cc1c(C)c(CCCC(=O)O)c(C)c(Cl)c1O. The van der Waals surface area contributed by atoms with Crippen LogP contribution in [0.5, 0.6) is 5.75 Å². The highest BCUT2D eigenvalue weighted by atomic mass is 35.5. The number of aromatic hydroxyl groups is 1. The molecule has 0 radical (unpaired) electrons. The number of carbonyl (C=O) groups is 1. The Labute approximate surface area is 106 Å². The quantitative estimate of drug-likeness (QED) is 0.868. The van der Waals surface area contributed by atoms with Crippen molar-refractivity contribution in [3.63, 3.8) is 0 Å². The predicted molar refractivity (Wildman–Crippen MR) is 67.9 cm³/mol. The summed E-state index contributed by atoms with van der Waals surface area (Å²) in [4.78, 5) is 10.5. The van der Waals surface area contributed by atoms with Gasteiger partial charge in [0.05, 0.1) is 5.02 Å². The summed E-state index contributed by atoms with van der Waals surface area (Å²) in [5, 5.41) is 18.8. The smallest absolute Gasteiger partial charge is 0.303 e. The molecule has 17 heavy (non-hydrogen) atoms. The summed E-state index contributed by atoms with van der Waals surface area (Å²) in [5.41, 5.74) is 3.66. The van der Waals surface area contributed by atoms with E-state index in [1.165, 1.54) is 0 Å². The molecule has 0 bridgehead atoms. The van der Waals surface area contributed by atoms with Gasteiger partial charge < -0.3 is 10.2 Å². The van der Waals surface area contributed by atoms with Crippen LogP contribution in [0, 0.1) is 20.8 Å². The highest BCUT2D eigenvalue weighted by Crippen LogP contribution is 2.36. The third kappa shape index (κ3) is 2.91. The molecule has 0 unspecified atom stereocenters. The number of aliphatic carboxylic acids is 1. The van der Waals surface area contributed by atoms with Gasteiger partial charge in [-0.3, -0.25) is 4.79 Å². The Bertz CT molecular complexity index is 423. The van der Waals surface area contributed by atoms with Crippen LogP contribution in [0.2, 0.25) is 5.02 Å². The average Bonchev–Trinajstić information content (AvgIpc) is 2.28. The van der Waals surface area contributed by atoms with Crippen molar-refractivity contribution in [3.05, 3.63) is 27.3 Å². The van der Waals surface area contributed by atoms with E-state index in [2.05, 4.69) is 0 Å². The van der Waals surface area contributed by atoms with E-state index in [1.807, 2.05) is 20.8 Å². The van der Waals surface area contributed by atoms with E-state index in [9.17, 15) is 9.90 Å². The summed E-state index contributed by atoms with van der Waals surface area (Å²) in [7, 11) is 0. The summed E-state index contributed by atoms with van der Waals surface area (Å²) < 4.78 is 0. The van der Waals surface area contributed by atoms with Crippen molar-refractivity contribution < 1.29 is 15.0 Å². The molecule has 1 rings (SSSR count). The summed E-state index contributed by atoms with van der Waals surface area (Å²) >= 11 is 6.04. The maximum atomic E-state index is 10.5. The van der Waals surface area contributed by atoms with Crippen molar-refractivity contribution in [1.29, 1.82) is 0 Å². The number of hydrogen-bond donors (Lipinski definition) is 2. The highest BCUT2D eigenvalue weighted by Gasteiger charge is 2.15. The normalized spacial score (nSPS) is 10.6. The number of phenols is 1. The number of phenolic OH excluding ortho intramolecular Hbond substituents is 1. The van der Waals surface area contributed by atoms with Crippen molar-refractivity contribution in [2.24, 2.45) is 0 Å². The fraction of sp³-hybridized carbons (Fsp3) is 0.462. The van der Waals surface area contributed by atoms with Crippen LogP contribution < -0.4 is 0 Å². The molecule has 0 aliphatic carbocycles. The first-order valence-electron chi connectivity index (χ1n) is 5.55. The van der Waals surface area contributed by atoms with Gasteiger partial charge in [0.2, 0.25) is 0 Å². The Balaban J connectivity index is 3.03. The Morgan fingerprint density at radius 3 is 2.29 bits per heavy atom. The lowest BCUT2D eigenvalue weighted by molar-refractivity contribution is -0.137. The van der Waals surface area contributed by atoms with E-state index in [1.54, 1.807) is 0 Å². The second-order valence-corrected chi connectivity index (χ2v) is 4.64. The number of carboxylic acid groups (broad SMARTS) is 1. The molecule has 0 saturated heterocycles. The van der Waals surface area contributed by atoms with E-state index < -0.39 is 5.97 Å². The largest absolute Gasteiger partial charge is 0.506 e. The van der Waals surface area contributed by atoms with Crippen LogP contribution in [0.3, 0.4) is 0 Å². The van der Waals surface area contributed by atoms with Crippen LogP contribution >= 0.6 is 11.6 Å². The maximum absolute atomic E-state index is 10.5. The van der Waals surface area contributed by atoms with E-state index in [4.69, 9.17) is 16.7 Å². The summed E-state index contributed by atoms with van der Waals surface area (Å²) in [5.74, 6) is -0.662. The molecule has 0 saturated carbocycles. The van der Waals surface area contributed by atoms with Gasteiger partial charge in [0, 0.05) is 6.42 Å². The zero-order valence-electron chi connectivity index (χ0n) is 10.3. The predicted octanol–water partition coefficient (Wildman–Crippen LogP) is 3.38. The Hall–Kier alpha value is -1.22. The molecule has 0 aliphatic rings. The zero-order chi connectivity index (χ0) is 13.2. The molecule has 2 N–H and O–H groups in total. The van der Waals surface area contributed by atoms with Gasteiger partial charge in [-0.25, -0.2) is 0 Å². The molecular formula is C13H17ClO3. The Morgan fingerprint density at radius 1 is 1.18 bits per heavy atom. The van der Waals surface area contributed by atoms with E-state index in [0.717, 1.165) is 22.3 Å². The zero-order valence-corrected chi connectivity index (χ0v) is 11.1. The monoisotopic (exact) mass is 256 g/mol. The van der Waals surface area contributed by atoms with Crippen LogP contribution in [0.15, 0.2) is 0 Å². The number of carboxylic acids is 1. The molecular weight excluding hydrogens is 240 g/mol. The summed E-state index contributed by atoms with van der Waals surface area (Å²) in [6.07, 6.45) is 1.40. The highest BCUT2D eigenvalue weighted by molar-refractivity contribution is 6.33. The topological polar surface area (TPSA) is 57.5 Å². The first-order valence-corrected chi connectivity index (χ1v) is 5.93. The van der Waals surface area contributed by atoms with Crippen LogP contribution in [0.1, 0.15) is 35.1 Å². The van der Waals surface area contributed by atoms with Gasteiger partial charge in [-0.05, 0) is 55.9 Å². The van der Waals surface area contributed by atoms with Crippen LogP contribution in [-0.2, 0) is 11.2 Å². The minimum absolute atomic E-state index is 0.128. The second kappa shape index (κ2) is 5.41. The first-order chi connectivity index (χ1) is 7.86. The van der Waals surface area contributed by atoms with Gasteiger partial charge in [-0.1, -0.05) is 11.6 Å². The Morgan fingerprint density at radius 2 is 1.76 bits per heavy atom. The molecule has 0 spiro atoms. The van der Waals surface area contributed by atoms with Crippen molar-refractivity contribution in [1.82, 2.24) is 0 Å². The fourth-order valence-corrected chi connectivity index (χ4v) is 2.21. The van der Waals surface area contributed by atoms with Crippen molar-refractivity contribution in [2.45, 2.75) is 40.0 Å². The Kier molecular flexibility index (Phi) is 4.40. The maximum Gasteiger partial charge on any atom is 0.303 e. The van der Waals surface area contributed by atoms with Gasteiger partial charge in [0.1, 0.15) is 5.75 Å². The molecule has 0 aromatic heterocycles. The summed E-state index contributed by atoms with van der Waals surface area (Å²) in [6, 6.07) is 0. The van der Waals surface area contributed by atoms with E-state index in [-0.39, 0.29) is 12.2 Å². The minimum atomic E-state index is -0.790. The van der Waals surface area contributed by atoms with Crippen molar-refractivity contribution >= 4 is 17.6 Å². The number of benzene rings is 1. The molecule has 0 aliphatic heterocycles. The average molecular weight is 257 g/mol. The first kappa shape index (κ1) is 13.8. The lowest BCUT2D eigenvalue weighted by Gasteiger charge is -2.15. The van der Waals surface area contributed by atoms with E-state index >= 15 is 0 Å². The number of hydrogen-bond acceptors (Lipinski definition) is 2. The molecule has 0 heterocycles. The standard InChI is InChI=1S/C13H17ClO3/c1-7-8(2)13(17)12(14)9(3)10(7)5-4-6-11(15)16/h17H,4-6H2,1-3H3,(H,15,16). The molecule has 0 amide bonds. The lowest BCUT2D eigenvalue weighted by atomic mass is 9.93. The van der Waals surface area contributed by atoms with Crippen molar-refractivity contribution in [3.8, 4) is 5.75 Å². The molecule has 0 fully saturated rings. The van der Waals surface area contributed by atoms with Gasteiger partial charge in [0.15, 0.2) is 0 Å². The fourth-order valence-electron chi connectivity index (χ4n) is 1.95.